The van der Waals surface area contributed by atoms with Crippen molar-refractivity contribution in [2.24, 2.45) is 5.92 Å². The Balaban J connectivity index is 1.55. The smallest absolute Gasteiger partial charge is 0.278 e. The fourth-order valence-electron chi connectivity index (χ4n) is 6.14. The van der Waals surface area contributed by atoms with Crippen molar-refractivity contribution in [2.45, 2.75) is 70.6 Å². The highest BCUT2D eigenvalue weighted by atomic mass is 19.3. The number of para-hydroxylation sites is 1. The van der Waals surface area contributed by atoms with Gasteiger partial charge in [-0.1, -0.05) is 31.5 Å². The summed E-state index contributed by atoms with van der Waals surface area (Å²) in [6.07, 6.45) is 2.48. The number of nitrogens with zero attached hydrogens (tertiary/aromatic N) is 2. The third-order valence-electron chi connectivity index (χ3n) is 8.11. The Morgan fingerprint density at radius 3 is 2.32 bits per heavy atom. The number of halogens is 5. The van der Waals surface area contributed by atoms with E-state index in [1.165, 1.54) is 13.8 Å². The van der Waals surface area contributed by atoms with Crippen LogP contribution in [0.5, 0.6) is 0 Å². The molecule has 8 heteroatoms. The normalized spacial score (nSPS) is 21.6. The molecule has 3 aromatic rings. The first-order valence-electron chi connectivity index (χ1n) is 13.5. The van der Waals surface area contributed by atoms with Crippen LogP contribution in [-0.4, -0.2) is 52.7 Å². The third kappa shape index (κ3) is 4.86. The quantitative estimate of drug-likeness (QED) is 0.306. The molecule has 38 heavy (non-hydrogen) atoms. The van der Waals surface area contributed by atoms with E-state index in [4.69, 9.17) is 0 Å². The number of hydrogen-bond acceptors (Lipinski definition) is 2. The van der Waals surface area contributed by atoms with Crippen LogP contribution in [0.4, 0.5) is 22.0 Å². The van der Waals surface area contributed by atoms with Gasteiger partial charge in [0.1, 0.15) is 17.3 Å². The number of aromatic nitrogens is 1. The predicted octanol–water partition coefficient (Wildman–Crippen LogP) is 7.35. The third-order valence-corrected chi connectivity index (χ3v) is 8.11. The van der Waals surface area contributed by atoms with Crippen molar-refractivity contribution in [1.82, 2.24) is 14.8 Å². The van der Waals surface area contributed by atoms with Crippen molar-refractivity contribution in [3.8, 4) is 0 Å². The molecule has 2 aliphatic rings. The Hall–Kier alpha value is -2.45. The van der Waals surface area contributed by atoms with Crippen LogP contribution >= 0.6 is 0 Å². The first kappa shape index (κ1) is 27.1. The van der Waals surface area contributed by atoms with Crippen LogP contribution < -0.4 is 0 Å². The molecule has 0 amide bonds. The van der Waals surface area contributed by atoms with Crippen molar-refractivity contribution in [1.29, 1.82) is 0 Å². The molecule has 206 valence electrons. The average molecular weight is 534 g/mol. The van der Waals surface area contributed by atoms with Crippen molar-refractivity contribution in [3.05, 3.63) is 70.4 Å². The molecule has 0 saturated carbocycles. The minimum absolute atomic E-state index is 0.0693. The summed E-state index contributed by atoms with van der Waals surface area (Å²) < 4.78 is 77.3. The van der Waals surface area contributed by atoms with Gasteiger partial charge in [0.2, 0.25) is 0 Å². The molecule has 0 spiro atoms. The van der Waals surface area contributed by atoms with E-state index in [1.54, 1.807) is 4.90 Å². The summed E-state index contributed by atoms with van der Waals surface area (Å²) in [5.41, 5.74) is -0.292. The standard InChI is InChI=1S/C30H36F5N3/c1-5-6-11-37-15-20(16-37)30(34,35)19-13-23(31)26(24(32)14-19)28-27-22(21-9-7-8-10-25(21)36-27)12-18(2)38(28)17-29(3,4)33/h7-10,13-14,18,20,28,36H,5-6,11-12,15-17H2,1-4H3/t18-,28-/m1/s1. The lowest BCUT2D eigenvalue weighted by atomic mass is 9.84. The van der Waals surface area contributed by atoms with Crippen LogP contribution in [0.25, 0.3) is 10.9 Å². The zero-order chi connectivity index (χ0) is 27.4. The Bertz CT molecular complexity index is 1280. The molecule has 1 aromatic heterocycles. The van der Waals surface area contributed by atoms with E-state index in [2.05, 4.69) is 4.98 Å². The maximum atomic E-state index is 15.8. The van der Waals surface area contributed by atoms with Crippen LogP contribution in [0.15, 0.2) is 36.4 Å². The number of rotatable bonds is 8. The van der Waals surface area contributed by atoms with Crippen LogP contribution in [0.3, 0.4) is 0 Å². The Labute approximate surface area is 221 Å². The van der Waals surface area contributed by atoms with E-state index < -0.39 is 40.7 Å². The van der Waals surface area contributed by atoms with Gasteiger partial charge >= 0.3 is 0 Å². The molecule has 1 N–H and O–H groups in total. The van der Waals surface area contributed by atoms with E-state index in [0.717, 1.165) is 48.0 Å². The van der Waals surface area contributed by atoms with Crippen LogP contribution in [0, 0.1) is 17.6 Å². The molecule has 3 heterocycles. The van der Waals surface area contributed by atoms with Gasteiger partial charge in [0.15, 0.2) is 0 Å². The number of hydrogen-bond donors (Lipinski definition) is 1. The fourth-order valence-corrected chi connectivity index (χ4v) is 6.14. The maximum absolute atomic E-state index is 15.8. The second kappa shape index (κ2) is 9.94. The number of H-pyrrole nitrogens is 1. The second-order valence-corrected chi connectivity index (χ2v) is 11.7. The molecule has 2 aromatic carbocycles. The SMILES string of the molecule is CCCCN1CC(C(F)(F)c2cc(F)c([C@@H]3c4[nH]c5ccccc5c4C[C@@H](C)N3CC(C)(C)F)c(F)c2)C1. The molecule has 2 atom stereocenters. The highest BCUT2D eigenvalue weighted by Crippen LogP contribution is 2.46. The van der Waals surface area contributed by atoms with Gasteiger partial charge in [0.05, 0.1) is 12.0 Å². The largest absolute Gasteiger partial charge is 0.357 e. The predicted molar refractivity (Wildman–Crippen MR) is 140 cm³/mol. The average Bonchev–Trinajstić information content (AvgIpc) is 3.16. The van der Waals surface area contributed by atoms with Crippen molar-refractivity contribution < 1.29 is 22.0 Å². The van der Waals surface area contributed by atoms with Crippen molar-refractivity contribution >= 4 is 10.9 Å². The van der Waals surface area contributed by atoms with E-state index >= 15 is 17.6 Å². The molecule has 0 radical (unpaired) electrons. The van der Waals surface area contributed by atoms with E-state index in [-0.39, 0.29) is 31.2 Å². The minimum Gasteiger partial charge on any atom is -0.357 e. The summed E-state index contributed by atoms with van der Waals surface area (Å²) in [4.78, 5) is 7.00. The lowest BCUT2D eigenvalue weighted by Crippen LogP contribution is -2.53. The summed E-state index contributed by atoms with van der Waals surface area (Å²) in [6, 6.07) is 7.96. The first-order chi connectivity index (χ1) is 17.9. The van der Waals surface area contributed by atoms with Crippen molar-refractivity contribution in [3.63, 3.8) is 0 Å². The summed E-state index contributed by atoms with van der Waals surface area (Å²) >= 11 is 0. The van der Waals surface area contributed by atoms with Gasteiger partial charge in [-0.05, 0) is 63.9 Å². The zero-order valence-corrected chi connectivity index (χ0v) is 22.4. The number of alkyl halides is 3. The lowest BCUT2D eigenvalue weighted by Gasteiger charge is -2.44. The molecule has 1 fully saturated rings. The monoisotopic (exact) mass is 533 g/mol. The molecule has 2 aliphatic heterocycles. The number of fused-ring (bicyclic) bond motifs is 3. The van der Waals surface area contributed by atoms with Gasteiger partial charge in [-0.3, -0.25) is 4.90 Å². The second-order valence-electron chi connectivity index (χ2n) is 11.7. The van der Waals surface area contributed by atoms with Gasteiger partial charge in [-0.15, -0.1) is 0 Å². The molecule has 1 saturated heterocycles. The van der Waals surface area contributed by atoms with Crippen LogP contribution in [0.2, 0.25) is 0 Å². The molecule has 0 unspecified atom stereocenters. The molecule has 0 bridgehead atoms. The number of benzene rings is 2. The number of likely N-dealkylation sites (tertiary alicyclic amines) is 1. The van der Waals surface area contributed by atoms with E-state index in [9.17, 15) is 4.39 Å². The van der Waals surface area contributed by atoms with Crippen LogP contribution in [0.1, 0.15) is 69.0 Å². The molecule has 0 aliphatic carbocycles. The molecule has 5 rings (SSSR count). The van der Waals surface area contributed by atoms with E-state index in [1.807, 2.05) is 43.0 Å². The number of nitrogens with one attached hydrogen (secondary N) is 1. The first-order valence-corrected chi connectivity index (χ1v) is 13.5. The molecular formula is C30H36F5N3. The fraction of sp³-hybridized carbons (Fsp3) is 0.533. The lowest BCUT2D eigenvalue weighted by molar-refractivity contribution is -0.124. The molecular weight excluding hydrogens is 497 g/mol. The Kier molecular flexibility index (Phi) is 7.10. The number of unbranched alkanes of at least 4 members (excludes halogenated alkanes) is 1. The van der Waals surface area contributed by atoms with Gasteiger partial charge in [-0.2, -0.15) is 0 Å². The minimum atomic E-state index is -3.35. The maximum Gasteiger partial charge on any atom is 0.278 e. The zero-order valence-electron chi connectivity index (χ0n) is 22.4. The summed E-state index contributed by atoms with van der Waals surface area (Å²) in [5.74, 6) is -6.40. The Morgan fingerprint density at radius 1 is 1.03 bits per heavy atom. The Morgan fingerprint density at radius 2 is 1.68 bits per heavy atom. The van der Waals surface area contributed by atoms with Crippen molar-refractivity contribution in [2.75, 3.05) is 26.2 Å². The topological polar surface area (TPSA) is 22.3 Å². The van der Waals surface area contributed by atoms with Gasteiger partial charge < -0.3 is 9.88 Å². The summed E-state index contributed by atoms with van der Waals surface area (Å²) in [5, 5.41) is 0.945. The highest BCUT2D eigenvalue weighted by Gasteiger charge is 2.49. The van der Waals surface area contributed by atoms with Gasteiger partial charge in [-0.25, -0.2) is 22.0 Å². The highest BCUT2D eigenvalue weighted by molar-refractivity contribution is 5.85. The van der Waals surface area contributed by atoms with E-state index in [0.29, 0.717) is 12.1 Å². The van der Waals surface area contributed by atoms with Gasteiger partial charge in [0.25, 0.3) is 5.92 Å². The summed E-state index contributed by atoms with van der Waals surface area (Å²) in [6.45, 7) is 7.89. The summed E-state index contributed by atoms with van der Waals surface area (Å²) in [7, 11) is 0. The molecule has 3 nitrogen and oxygen atoms in total. The number of aromatic amines is 1. The van der Waals surface area contributed by atoms with Gasteiger partial charge in [0, 0.05) is 53.4 Å². The van der Waals surface area contributed by atoms with Crippen LogP contribution in [-0.2, 0) is 12.3 Å².